The van der Waals surface area contributed by atoms with Crippen molar-refractivity contribution in [2.75, 3.05) is 52.4 Å². The van der Waals surface area contributed by atoms with Crippen molar-refractivity contribution in [3.63, 3.8) is 0 Å². The van der Waals surface area contributed by atoms with Gasteiger partial charge in [0, 0.05) is 45.3 Å². The summed E-state index contributed by atoms with van der Waals surface area (Å²) < 4.78 is 29.7. The number of carbonyl (C=O) groups is 3. The standard InChI is InChI=1S/C29H41ClN6O5S2/c1-3-34(4-2)28(38)20-8-5-13-33(17-20)18-21-9-6-15-36(21)26(37)19-35-14-7-10-22(29(35)39)32-43(40,41)27-16-23-24(42-27)11-12-25(30)31-23/h11-12,16,20-22,32H,3-10,13-15,17-19H2,1-2H3. The van der Waals surface area contributed by atoms with Crippen LogP contribution in [0.3, 0.4) is 0 Å². The highest BCUT2D eigenvalue weighted by Crippen LogP contribution is 2.30. The highest BCUT2D eigenvalue weighted by atomic mass is 35.5. The average Bonchev–Trinajstić information content (AvgIpc) is 3.63. The van der Waals surface area contributed by atoms with Gasteiger partial charge in [0.1, 0.15) is 15.4 Å². The van der Waals surface area contributed by atoms with E-state index in [1.54, 1.807) is 12.1 Å². The second-order valence-corrected chi connectivity index (χ2v) is 15.1. The maximum atomic E-state index is 13.5. The normalized spacial score (nSPS) is 23.7. The summed E-state index contributed by atoms with van der Waals surface area (Å²) in [4.78, 5) is 51.6. The Hall–Kier alpha value is -2.32. The summed E-state index contributed by atoms with van der Waals surface area (Å²) in [7, 11) is -3.97. The van der Waals surface area contributed by atoms with Gasteiger partial charge in [0.15, 0.2) is 0 Å². The lowest BCUT2D eigenvalue weighted by Gasteiger charge is -2.38. The summed E-state index contributed by atoms with van der Waals surface area (Å²) in [6, 6.07) is 3.89. The molecule has 5 heterocycles. The maximum absolute atomic E-state index is 13.5. The van der Waals surface area contributed by atoms with E-state index in [0.717, 1.165) is 50.1 Å². The molecular formula is C29H41ClN6O5S2. The fraction of sp³-hybridized carbons (Fsp3) is 0.655. The number of pyridine rings is 1. The first-order valence-electron chi connectivity index (χ1n) is 15.3. The number of sulfonamides is 1. The van der Waals surface area contributed by atoms with Gasteiger partial charge in [-0.25, -0.2) is 13.4 Å². The van der Waals surface area contributed by atoms with Crippen molar-refractivity contribution in [1.82, 2.24) is 29.3 Å². The van der Waals surface area contributed by atoms with E-state index in [4.69, 9.17) is 11.6 Å². The van der Waals surface area contributed by atoms with Crippen LogP contribution in [-0.2, 0) is 24.4 Å². The third kappa shape index (κ3) is 7.33. The number of piperidine rings is 2. The van der Waals surface area contributed by atoms with Crippen LogP contribution in [-0.4, -0.2) is 115 Å². The second-order valence-electron chi connectivity index (χ2n) is 11.7. The van der Waals surface area contributed by atoms with E-state index in [9.17, 15) is 22.8 Å². The number of fused-ring (bicyclic) bond motifs is 1. The topological polar surface area (TPSA) is 123 Å². The summed E-state index contributed by atoms with van der Waals surface area (Å²) in [5.41, 5.74) is 0.482. The summed E-state index contributed by atoms with van der Waals surface area (Å²) >= 11 is 7.02. The summed E-state index contributed by atoms with van der Waals surface area (Å²) in [5, 5.41) is 0.274. The number of nitrogens with zero attached hydrogens (tertiary/aromatic N) is 5. The minimum absolute atomic E-state index is 0.00693. The van der Waals surface area contributed by atoms with Crippen LogP contribution in [0, 0.1) is 5.92 Å². The van der Waals surface area contributed by atoms with Crippen LogP contribution in [0.25, 0.3) is 10.2 Å². The van der Waals surface area contributed by atoms with Gasteiger partial charge in [0.2, 0.25) is 17.7 Å². The number of halogens is 1. The molecule has 5 rings (SSSR count). The molecule has 2 aromatic heterocycles. The fourth-order valence-electron chi connectivity index (χ4n) is 6.58. The monoisotopic (exact) mass is 652 g/mol. The Morgan fingerprint density at radius 1 is 1.09 bits per heavy atom. The summed E-state index contributed by atoms with van der Waals surface area (Å²) in [6.45, 7) is 8.77. The van der Waals surface area contributed by atoms with E-state index in [2.05, 4.69) is 14.6 Å². The lowest BCUT2D eigenvalue weighted by atomic mass is 9.96. The molecule has 0 aromatic carbocycles. The smallest absolute Gasteiger partial charge is 0.250 e. The van der Waals surface area contributed by atoms with E-state index < -0.39 is 16.1 Å². The van der Waals surface area contributed by atoms with Crippen LogP contribution in [0.15, 0.2) is 22.4 Å². The molecule has 0 aliphatic carbocycles. The fourth-order valence-corrected chi connectivity index (χ4v) is 9.30. The quantitative estimate of drug-likeness (QED) is 0.392. The maximum Gasteiger partial charge on any atom is 0.250 e. The molecule has 3 atom stereocenters. The van der Waals surface area contributed by atoms with Crippen molar-refractivity contribution in [2.45, 2.75) is 68.7 Å². The number of nitrogens with one attached hydrogen (secondary N) is 1. The first-order valence-corrected chi connectivity index (χ1v) is 17.9. The Morgan fingerprint density at radius 2 is 1.84 bits per heavy atom. The lowest BCUT2D eigenvalue weighted by molar-refractivity contribution is -0.143. The Balaban J connectivity index is 1.18. The van der Waals surface area contributed by atoms with Gasteiger partial charge in [0.05, 0.1) is 22.7 Å². The molecule has 11 nitrogen and oxygen atoms in total. The Kier molecular flexibility index (Phi) is 10.3. The number of amides is 3. The number of aromatic nitrogens is 1. The molecule has 0 radical (unpaired) electrons. The first kappa shape index (κ1) is 32.1. The number of hydrogen-bond acceptors (Lipinski definition) is 8. The second kappa shape index (κ2) is 13.8. The zero-order valence-corrected chi connectivity index (χ0v) is 27.2. The number of rotatable bonds is 10. The molecule has 3 aliphatic rings. The van der Waals surface area contributed by atoms with Crippen molar-refractivity contribution in [3.8, 4) is 0 Å². The minimum Gasteiger partial charge on any atom is -0.343 e. The highest BCUT2D eigenvalue weighted by molar-refractivity contribution is 7.91. The van der Waals surface area contributed by atoms with E-state index in [0.29, 0.717) is 55.8 Å². The van der Waals surface area contributed by atoms with Crippen LogP contribution in [0.1, 0.15) is 52.4 Å². The van der Waals surface area contributed by atoms with Crippen molar-refractivity contribution < 1.29 is 22.8 Å². The van der Waals surface area contributed by atoms with E-state index >= 15 is 0 Å². The SMILES string of the molecule is CCN(CC)C(=O)C1CCCN(CC2CCCN2C(=O)CN2CCCC(NS(=O)(=O)c3cc4nc(Cl)ccc4s3)C2=O)C1. The van der Waals surface area contributed by atoms with Gasteiger partial charge >= 0.3 is 0 Å². The van der Waals surface area contributed by atoms with Gasteiger partial charge in [0.25, 0.3) is 10.0 Å². The molecule has 3 amide bonds. The molecular weight excluding hydrogens is 612 g/mol. The Morgan fingerprint density at radius 3 is 2.60 bits per heavy atom. The predicted octanol–water partition coefficient (Wildman–Crippen LogP) is 2.79. The number of likely N-dealkylation sites (tertiary alicyclic amines) is 3. The number of carbonyl (C=O) groups excluding carboxylic acids is 3. The van der Waals surface area contributed by atoms with Crippen LogP contribution >= 0.6 is 22.9 Å². The molecule has 0 bridgehead atoms. The molecule has 1 N–H and O–H groups in total. The van der Waals surface area contributed by atoms with Crippen molar-refractivity contribution in [1.29, 1.82) is 0 Å². The molecule has 0 saturated carbocycles. The third-order valence-corrected chi connectivity index (χ3v) is 12.1. The van der Waals surface area contributed by atoms with E-state index in [-0.39, 0.29) is 45.6 Å². The number of hydrogen-bond donors (Lipinski definition) is 1. The lowest BCUT2D eigenvalue weighted by Crippen LogP contribution is -2.55. The van der Waals surface area contributed by atoms with Gasteiger partial charge in [-0.1, -0.05) is 11.6 Å². The summed E-state index contributed by atoms with van der Waals surface area (Å²) in [6.07, 6.45) is 4.61. The molecule has 3 aliphatic heterocycles. The Bertz CT molecular complexity index is 1450. The molecule has 3 fully saturated rings. The molecule has 14 heteroatoms. The zero-order valence-electron chi connectivity index (χ0n) is 24.8. The molecule has 3 saturated heterocycles. The van der Waals surface area contributed by atoms with Crippen LogP contribution in [0.4, 0.5) is 0 Å². The highest BCUT2D eigenvalue weighted by Gasteiger charge is 2.37. The zero-order chi connectivity index (χ0) is 30.7. The van der Waals surface area contributed by atoms with E-state index in [1.165, 1.54) is 11.0 Å². The largest absolute Gasteiger partial charge is 0.343 e. The van der Waals surface area contributed by atoms with E-state index in [1.807, 2.05) is 23.6 Å². The predicted molar refractivity (Wildman–Crippen MR) is 166 cm³/mol. The average molecular weight is 653 g/mol. The van der Waals surface area contributed by atoms with Crippen molar-refractivity contribution >= 4 is 60.9 Å². The third-order valence-electron chi connectivity index (χ3n) is 8.83. The van der Waals surface area contributed by atoms with Gasteiger partial charge < -0.3 is 19.6 Å². The molecule has 2 aromatic rings. The molecule has 236 valence electrons. The molecule has 3 unspecified atom stereocenters. The first-order chi connectivity index (χ1) is 20.6. The van der Waals surface area contributed by atoms with Crippen molar-refractivity contribution in [3.05, 3.63) is 23.4 Å². The molecule has 0 spiro atoms. The van der Waals surface area contributed by atoms with Gasteiger partial charge in [-0.15, -0.1) is 11.3 Å². The van der Waals surface area contributed by atoms with Gasteiger partial charge in [-0.05, 0) is 77.1 Å². The van der Waals surface area contributed by atoms with Gasteiger partial charge in [-0.3, -0.25) is 14.4 Å². The van der Waals surface area contributed by atoms with Crippen LogP contribution < -0.4 is 4.72 Å². The van der Waals surface area contributed by atoms with Gasteiger partial charge in [-0.2, -0.15) is 4.72 Å². The van der Waals surface area contributed by atoms with Crippen LogP contribution in [0.5, 0.6) is 0 Å². The molecule has 43 heavy (non-hydrogen) atoms. The van der Waals surface area contributed by atoms with Crippen molar-refractivity contribution in [2.24, 2.45) is 5.92 Å². The van der Waals surface area contributed by atoms with Crippen LogP contribution in [0.2, 0.25) is 5.15 Å². The number of thiophene rings is 1. The Labute approximate surface area is 262 Å². The minimum atomic E-state index is -3.97. The summed E-state index contributed by atoms with van der Waals surface area (Å²) in [5.74, 6) is -0.279.